The number of nitrogens with zero attached hydrogens (tertiary/aromatic N) is 4. The molecule has 0 saturated carbocycles. The number of hydrogen-bond donors (Lipinski definition) is 0. The van der Waals surface area contributed by atoms with Crippen LogP contribution in [0.25, 0.3) is 32.3 Å². The monoisotopic (exact) mass is 622 g/mol. The van der Waals surface area contributed by atoms with Gasteiger partial charge >= 0.3 is 0 Å². The van der Waals surface area contributed by atoms with Crippen LogP contribution >= 0.6 is 0 Å². The van der Waals surface area contributed by atoms with E-state index in [4.69, 9.17) is 0 Å². The first-order valence-corrected chi connectivity index (χ1v) is 16.4. The molecule has 0 N–H and O–H groups in total. The van der Waals surface area contributed by atoms with Crippen molar-refractivity contribution in [3.63, 3.8) is 0 Å². The minimum Gasteiger partial charge on any atom is -0.378 e. The molecule has 0 saturated heterocycles. The molecule has 0 unspecified atom stereocenters. The van der Waals surface area contributed by atoms with E-state index in [1.165, 1.54) is 43.7 Å². The lowest BCUT2D eigenvalue weighted by molar-refractivity contribution is 1.13. The predicted molar refractivity (Wildman–Crippen MR) is 208 cm³/mol. The largest absolute Gasteiger partial charge is 0.378 e. The van der Waals surface area contributed by atoms with Crippen LogP contribution in [0.15, 0.2) is 158 Å². The van der Waals surface area contributed by atoms with Gasteiger partial charge in [-0.05, 0) is 129 Å². The van der Waals surface area contributed by atoms with Gasteiger partial charge in [0.15, 0.2) is 0 Å². The molecule has 0 aliphatic heterocycles. The van der Waals surface area contributed by atoms with Gasteiger partial charge in [0.1, 0.15) is 0 Å². The van der Waals surface area contributed by atoms with Crippen LogP contribution < -0.4 is 19.6 Å². The van der Waals surface area contributed by atoms with E-state index < -0.39 is 0 Å². The molecule has 0 radical (unpaired) electrons. The Morgan fingerprint density at radius 1 is 0.271 bits per heavy atom. The van der Waals surface area contributed by atoms with Crippen LogP contribution in [-0.4, -0.2) is 28.2 Å². The highest BCUT2D eigenvalue weighted by Gasteiger charge is 2.19. The summed E-state index contributed by atoms with van der Waals surface area (Å²) in [7, 11) is 8.31. The van der Waals surface area contributed by atoms with Gasteiger partial charge in [-0.1, -0.05) is 60.7 Å². The topological polar surface area (TPSA) is 13.0 Å². The van der Waals surface area contributed by atoms with Crippen molar-refractivity contribution in [1.29, 1.82) is 0 Å². The molecule has 8 rings (SSSR count). The Labute approximate surface area is 282 Å². The molecule has 0 spiro atoms. The van der Waals surface area contributed by atoms with Gasteiger partial charge in [0.25, 0.3) is 0 Å². The molecule has 0 fully saturated rings. The van der Waals surface area contributed by atoms with E-state index in [9.17, 15) is 0 Å². The van der Waals surface area contributed by atoms with Crippen molar-refractivity contribution in [2.75, 3.05) is 47.8 Å². The molecule has 234 valence electrons. The summed E-state index contributed by atoms with van der Waals surface area (Å²) >= 11 is 0. The molecular formula is C44H38N4. The summed E-state index contributed by atoms with van der Waals surface area (Å²) in [5.74, 6) is 0. The molecule has 8 aromatic carbocycles. The van der Waals surface area contributed by atoms with Crippen LogP contribution in [0.5, 0.6) is 0 Å². The quantitative estimate of drug-likeness (QED) is 0.156. The Kier molecular flexibility index (Phi) is 7.34. The summed E-state index contributed by atoms with van der Waals surface area (Å²) in [6, 6.07) is 57.3. The summed E-state index contributed by atoms with van der Waals surface area (Å²) in [6.07, 6.45) is 0. The second-order valence-corrected chi connectivity index (χ2v) is 12.8. The van der Waals surface area contributed by atoms with Crippen molar-refractivity contribution < 1.29 is 0 Å². The Morgan fingerprint density at radius 2 is 0.542 bits per heavy atom. The van der Waals surface area contributed by atoms with E-state index in [2.05, 4.69) is 206 Å². The van der Waals surface area contributed by atoms with E-state index >= 15 is 0 Å². The third-order valence-corrected chi connectivity index (χ3v) is 9.30. The van der Waals surface area contributed by atoms with Crippen molar-refractivity contribution >= 4 is 77.8 Å². The highest BCUT2D eigenvalue weighted by Crippen LogP contribution is 2.44. The maximum Gasteiger partial charge on any atom is 0.0473 e. The van der Waals surface area contributed by atoms with E-state index in [-0.39, 0.29) is 0 Å². The summed E-state index contributed by atoms with van der Waals surface area (Å²) in [5, 5.41) is 7.55. The van der Waals surface area contributed by atoms with Crippen molar-refractivity contribution in [3.05, 3.63) is 158 Å². The average molecular weight is 623 g/mol. The number of rotatable bonds is 8. The van der Waals surface area contributed by atoms with Gasteiger partial charge < -0.3 is 19.6 Å². The zero-order valence-corrected chi connectivity index (χ0v) is 27.8. The van der Waals surface area contributed by atoms with Crippen LogP contribution in [0.4, 0.5) is 45.5 Å². The van der Waals surface area contributed by atoms with Gasteiger partial charge in [-0.25, -0.2) is 0 Å². The lowest BCUT2D eigenvalue weighted by Gasteiger charge is -2.28. The number of anilines is 8. The molecule has 0 aliphatic rings. The van der Waals surface area contributed by atoms with E-state index in [1.54, 1.807) is 0 Å². The summed E-state index contributed by atoms with van der Waals surface area (Å²) < 4.78 is 0. The van der Waals surface area contributed by atoms with Crippen molar-refractivity contribution in [2.24, 2.45) is 0 Å². The predicted octanol–water partition coefficient (Wildman–Crippen LogP) is 11.7. The smallest absolute Gasteiger partial charge is 0.0473 e. The van der Waals surface area contributed by atoms with Crippen LogP contribution in [0.3, 0.4) is 0 Å². The van der Waals surface area contributed by atoms with Gasteiger partial charge in [-0.2, -0.15) is 0 Å². The van der Waals surface area contributed by atoms with Crippen LogP contribution in [0.1, 0.15) is 0 Å². The Bertz CT molecular complexity index is 2090. The second-order valence-electron chi connectivity index (χ2n) is 12.8. The minimum atomic E-state index is 1.13. The second kappa shape index (κ2) is 12.0. The molecule has 0 bridgehead atoms. The first kappa shape index (κ1) is 29.4. The Morgan fingerprint density at radius 3 is 0.833 bits per heavy atom. The third kappa shape index (κ3) is 5.22. The molecule has 0 amide bonds. The molecule has 0 atom stereocenters. The van der Waals surface area contributed by atoms with Gasteiger partial charge in [0.2, 0.25) is 0 Å². The summed E-state index contributed by atoms with van der Waals surface area (Å²) in [6.45, 7) is 0. The van der Waals surface area contributed by atoms with E-state index in [0.29, 0.717) is 0 Å². The van der Waals surface area contributed by atoms with Crippen molar-refractivity contribution in [3.8, 4) is 0 Å². The molecule has 0 heterocycles. The average Bonchev–Trinajstić information content (AvgIpc) is 3.12. The summed E-state index contributed by atoms with van der Waals surface area (Å²) in [4.78, 5) is 8.97. The van der Waals surface area contributed by atoms with E-state index in [1.807, 2.05) is 0 Å². The first-order valence-electron chi connectivity index (χ1n) is 16.4. The molecule has 4 nitrogen and oxygen atoms in total. The lowest BCUT2D eigenvalue weighted by Crippen LogP contribution is -2.12. The third-order valence-electron chi connectivity index (χ3n) is 9.30. The molecule has 0 aromatic heterocycles. The molecule has 48 heavy (non-hydrogen) atoms. The standard InChI is InChI=1S/C44H38N4/c1-45(2)35-19-23-39(24-20-35)47(37-11-7-5-8-12-37)41-27-31-15-17-33-29-42(30-34-18-16-32(28-41)43(31)44(33)34)48(38-13-9-6-10-14-38)40-25-21-36(22-26-40)46(3)4/h5-30H,1-4H3. The fourth-order valence-corrected chi connectivity index (χ4v) is 6.91. The summed E-state index contributed by atoms with van der Waals surface area (Å²) in [5.41, 5.74) is 9.16. The molecule has 8 aromatic rings. The minimum absolute atomic E-state index is 1.13. The van der Waals surface area contributed by atoms with Gasteiger partial charge in [0.05, 0.1) is 0 Å². The fourth-order valence-electron chi connectivity index (χ4n) is 6.91. The van der Waals surface area contributed by atoms with Crippen molar-refractivity contribution in [1.82, 2.24) is 0 Å². The van der Waals surface area contributed by atoms with Crippen molar-refractivity contribution in [2.45, 2.75) is 0 Å². The van der Waals surface area contributed by atoms with Crippen LogP contribution in [-0.2, 0) is 0 Å². The van der Waals surface area contributed by atoms with Gasteiger partial charge in [-0.3, -0.25) is 0 Å². The SMILES string of the molecule is CN(C)c1ccc(N(c2ccccc2)c2cc3ccc4cc(N(c5ccccc5)c5ccc(N(C)C)cc5)cc5ccc(c2)c3c45)cc1. The fraction of sp³-hybridized carbons (Fsp3) is 0.0909. The Hall–Kier alpha value is -6.00. The maximum atomic E-state index is 2.35. The zero-order valence-electron chi connectivity index (χ0n) is 27.8. The number of para-hydroxylation sites is 2. The van der Waals surface area contributed by atoms with Crippen LogP contribution in [0.2, 0.25) is 0 Å². The van der Waals surface area contributed by atoms with Crippen LogP contribution in [0, 0.1) is 0 Å². The van der Waals surface area contributed by atoms with Gasteiger partial charge in [0, 0.05) is 73.7 Å². The number of hydrogen-bond acceptors (Lipinski definition) is 4. The number of benzene rings is 8. The van der Waals surface area contributed by atoms with Gasteiger partial charge in [-0.15, -0.1) is 0 Å². The van der Waals surface area contributed by atoms with E-state index in [0.717, 1.165) is 34.1 Å². The Balaban J connectivity index is 1.27. The first-order chi connectivity index (χ1) is 23.4. The highest BCUT2D eigenvalue weighted by atomic mass is 15.2. The normalized spacial score (nSPS) is 11.3. The maximum absolute atomic E-state index is 2.35. The molecule has 4 heteroatoms. The molecular weight excluding hydrogens is 585 g/mol. The lowest BCUT2D eigenvalue weighted by atomic mass is 9.93. The zero-order chi connectivity index (χ0) is 32.8. The molecule has 0 aliphatic carbocycles. The highest BCUT2D eigenvalue weighted by molar-refractivity contribution is 6.24.